The zero-order valence-corrected chi connectivity index (χ0v) is 10.7. The van der Waals surface area contributed by atoms with Gasteiger partial charge in [0.15, 0.2) is 5.65 Å². The molecule has 18 heavy (non-hydrogen) atoms. The summed E-state index contributed by atoms with van der Waals surface area (Å²) in [7, 11) is 0. The zero-order valence-electron chi connectivity index (χ0n) is 9.13. The van der Waals surface area contributed by atoms with Crippen LogP contribution in [0.3, 0.4) is 0 Å². The van der Waals surface area contributed by atoms with Crippen molar-refractivity contribution in [3.05, 3.63) is 22.9 Å². The molecule has 0 bridgehead atoms. The summed E-state index contributed by atoms with van der Waals surface area (Å²) in [5, 5.41) is 6.43. The van der Waals surface area contributed by atoms with Crippen LogP contribution >= 0.6 is 15.9 Å². The van der Waals surface area contributed by atoms with Gasteiger partial charge in [-0.15, -0.1) is 5.10 Å². The third-order valence-electron chi connectivity index (χ3n) is 2.64. The molecule has 3 rings (SSSR count). The van der Waals surface area contributed by atoms with Crippen LogP contribution in [-0.2, 0) is 4.79 Å². The van der Waals surface area contributed by atoms with Gasteiger partial charge in [-0.2, -0.15) is 4.52 Å². The van der Waals surface area contributed by atoms with Gasteiger partial charge in [-0.05, 0) is 28.1 Å². The van der Waals surface area contributed by atoms with Crippen molar-refractivity contribution in [3.63, 3.8) is 0 Å². The third-order valence-corrected chi connectivity index (χ3v) is 2.98. The number of imide groups is 1. The number of urea groups is 1. The molecule has 0 saturated carbocycles. The van der Waals surface area contributed by atoms with Gasteiger partial charge < -0.3 is 0 Å². The summed E-state index contributed by atoms with van der Waals surface area (Å²) in [6, 6.07) is 4.89. The number of amides is 3. The minimum absolute atomic E-state index is 0.261. The van der Waals surface area contributed by atoms with Gasteiger partial charge in [-0.1, -0.05) is 6.07 Å². The third kappa shape index (κ3) is 1.74. The fourth-order valence-electron chi connectivity index (χ4n) is 1.85. The molecule has 1 aliphatic rings. The van der Waals surface area contributed by atoms with Crippen LogP contribution in [0.4, 0.5) is 10.6 Å². The average molecular weight is 310 g/mol. The van der Waals surface area contributed by atoms with Crippen LogP contribution in [0.5, 0.6) is 0 Å². The first-order chi connectivity index (χ1) is 8.65. The Morgan fingerprint density at radius 2 is 2.17 bits per heavy atom. The lowest BCUT2D eigenvalue weighted by Gasteiger charge is -2.26. The summed E-state index contributed by atoms with van der Waals surface area (Å²) >= 11 is 3.19. The van der Waals surface area contributed by atoms with E-state index in [4.69, 9.17) is 0 Å². The quantitative estimate of drug-likeness (QED) is 0.850. The maximum atomic E-state index is 11.8. The van der Waals surface area contributed by atoms with E-state index in [-0.39, 0.29) is 12.3 Å². The number of fused-ring (bicyclic) bond motifs is 1. The smallest absolute Gasteiger partial charge is 0.278 e. The SMILES string of the molecule is O=C1CCN(c2cccc3nc(Br)nn23)C(=O)N1. The highest BCUT2D eigenvalue weighted by atomic mass is 79.9. The van der Waals surface area contributed by atoms with Gasteiger partial charge in [0.25, 0.3) is 0 Å². The fraction of sp³-hybridized carbons (Fsp3) is 0.200. The fourth-order valence-corrected chi connectivity index (χ4v) is 2.19. The van der Waals surface area contributed by atoms with E-state index in [0.717, 1.165) is 0 Å². The van der Waals surface area contributed by atoms with Crippen molar-refractivity contribution in [2.24, 2.45) is 0 Å². The van der Waals surface area contributed by atoms with Gasteiger partial charge in [0, 0.05) is 13.0 Å². The molecule has 0 aromatic carbocycles. The van der Waals surface area contributed by atoms with E-state index in [1.54, 1.807) is 22.7 Å². The van der Waals surface area contributed by atoms with Crippen molar-refractivity contribution in [2.75, 3.05) is 11.4 Å². The molecule has 92 valence electrons. The van der Waals surface area contributed by atoms with E-state index in [0.29, 0.717) is 22.7 Å². The Morgan fingerprint density at radius 3 is 2.94 bits per heavy atom. The second-order valence-electron chi connectivity index (χ2n) is 3.79. The first-order valence-electron chi connectivity index (χ1n) is 5.28. The van der Waals surface area contributed by atoms with Crippen LogP contribution in [0.1, 0.15) is 6.42 Å². The predicted octanol–water partition coefficient (Wildman–Crippen LogP) is 0.938. The minimum Gasteiger partial charge on any atom is -0.278 e. The van der Waals surface area contributed by atoms with Crippen LogP contribution in [0.15, 0.2) is 22.9 Å². The molecular formula is C10H8BrN5O2. The standard InChI is InChI=1S/C10H8BrN5O2/c11-9-12-6-2-1-3-8(16(6)14-9)15-5-4-7(17)13-10(15)18/h1-3H,4-5H2,(H,13,17,18). The maximum Gasteiger partial charge on any atom is 0.329 e. The van der Waals surface area contributed by atoms with Crippen LogP contribution in [0.25, 0.3) is 5.65 Å². The Kier molecular flexibility index (Phi) is 2.51. The lowest BCUT2D eigenvalue weighted by molar-refractivity contribution is -0.120. The van der Waals surface area contributed by atoms with Crippen molar-refractivity contribution in [1.29, 1.82) is 0 Å². The van der Waals surface area contributed by atoms with Gasteiger partial charge in [0.05, 0.1) is 0 Å². The number of nitrogens with one attached hydrogen (secondary N) is 1. The lowest BCUT2D eigenvalue weighted by atomic mass is 10.3. The molecule has 2 aromatic heterocycles. The second-order valence-corrected chi connectivity index (χ2v) is 4.50. The Bertz CT molecular complexity index is 653. The molecule has 7 nitrogen and oxygen atoms in total. The number of hydrogen-bond donors (Lipinski definition) is 1. The first-order valence-corrected chi connectivity index (χ1v) is 6.07. The second kappa shape index (κ2) is 4.05. The predicted molar refractivity (Wildman–Crippen MR) is 66.2 cm³/mol. The number of pyridine rings is 1. The minimum atomic E-state index is -0.439. The molecule has 3 amide bonds. The zero-order chi connectivity index (χ0) is 12.7. The van der Waals surface area contributed by atoms with Crippen molar-refractivity contribution in [1.82, 2.24) is 19.9 Å². The van der Waals surface area contributed by atoms with Gasteiger partial charge in [0.2, 0.25) is 10.6 Å². The number of aromatic nitrogens is 3. The molecule has 1 aliphatic heterocycles. The molecule has 1 saturated heterocycles. The molecule has 0 aliphatic carbocycles. The van der Waals surface area contributed by atoms with E-state index >= 15 is 0 Å². The summed E-state index contributed by atoms with van der Waals surface area (Å²) in [5.41, 5.74) is 0.629. The highest BCUT2D eigenvalue weighted by Crippen LogP contribution is 2.19. The Morgan fingerprint density at radius 1 is 1.33 bits per heavy atom. The lowest BCUT2D eigenvalue weighted by Crippen LogP contribution is -2.50. The van der Waals surface area contributed by atoms with Gasteiger partial charge in [0.1, 0.15) is 5.82 Å². The number of anilines is 1. The molecule has 0 radical (unpaired) electrons. The molecule has 8 heteroatoms. The molecular weight excluding hydrogens is 302 g/mol. The van der Waals surface area contributed by atoms with Crippen molar-refractivity contribution < 1.29 is 9.59 Å². The summed E-state index contributed by atoms with van der Waals surface area (Å²) in [5.74, 6) is 0.318. The number of nitrogens with zero attached hydrogens (tertiary/aromatic N) is 4. The van der Waals surface area contributed by atoms with E-state index < -0.39 is 6.03 Å². The number of rotatable bonds is 1. The van der Waals surface area contributed by atoms with Gasteiger partial charge >= 0.3 is 6.03 Å². The highest BCUT2D eigenvalue weighted by molar-refractivity contribution is 9.10. The Labute approximate surface area is 110 Å². The molecule has 0 unspecified atom stereocenters. The Hall–Kier alpha value is -1.96. The normalized spacial score (nSPS) is 16.2. The number of carbonyl (C=O) groups excluding carboxylic acids is 2. The monoisotopic (exact) mass is 309 g/mol. The van der Waals surface area contributed by atoms with Crippen molar-refractivity contribution in [2.45, 2.75) is 6.42 Å². The van der Waals surface area contributed by atoms with Gasteiger partial charge in [-0.3, -0.25) is 15.0 Å². The molecule has 1 fully saturated rings. The van der Waals surface area contributed by atoms with E-state index in [9.17, 15) is 9.59 Å². The largest absolute Gasteiger partial charge is 0.329 e. The molecule has 0 spiro atoms. The summed E-state index contributed by atoms with van der Waals surface area (Å²) < 4.78 is 2.00. The van der Waals surface area contributed by atoms with Crippen LogP contribution < -0.4 is 10.2 Å². The molecule has 3 heterocycles. The van der Waals surface area contributed by atoms with Crippen LogP contribution in [0, 0.1) is 0 Å². The average Bonchev–Trinajstić information content (AvgIpc) is 2.69. The van der Waals surface area contributed by atoms with Gasteiger partial charge in [-0.25, -0.2) is 9.78 Å². The van der Waals surface area contributed by atoms with Crippen molar-refractivity contribution in [3.8, 4) is 0 Å². The molecule has 0 atom stereocenters. The van der Waals surface area contributed by atoms with E-state index in [1.165, 1.54) is 4.90 Å². The summed E-state index contributed by atoms with van der Waals surface area (Å²) in [6.07, 6.45) is 0.276. The van der Waals surface area contributed by atoms with E-state index in [1.807, 2.05) is 0 Å². The topological polar surface area (TPSA) is 79.6 Å². The molecule has 1 N–H and O–H groups in total. The van der Waals surface area contributed by atoms with Crippen LogP contribution in [0.2, 0.25) is 0 Å². The van der Waals surface area contributed by atoms with Crippen molar-refractivity contribution >= 4 is 39.3 Å². The number of hydrogen-bond acceptors (Lipinski definition) is 4. The highest BCUT2D eigenvalue weighted by Gasteiger charge is 2.26. The molecule has 2 aromatic rings. The Balaban J connectivity index is 2.08. The summed E-state index contributed by atoms with van der Waals surface area (Å²) in [6.45, 7) is 0.335. The number of carbonyl (C=O) groups is 2. The first kappa shape index (κ1) is 11.1. The number of halogens is 1. The van der Waals surface area contributed by atoms with Crippen LogP contribution in [-0.4, -0.2) is 33.1 Å². The maximum absolute atomic E-state index is 11.8. The summed E-state index contributed by atoms with van der Waals surface area (Å²) in [4.78, 5) is 28.5. The van der Waals surface area contributed by atoms with E-state index in [2.05, 4.69) is 31.3 Å².